The molecule has 0 saturated heterocycles. The standard InChI is InChI=1S/C24H32N2O4/c1-24(2,3)30-22(23(27)28)21-20(18(25-26(21)4)11-9-15-7-8-15)17-10-12-19-16(14-17)6-5-13-29-19/h10,12,14-15,22H,5-9,11,13H2,1-4H3,(H,27,28). The molecule has 0 radical (unpaired) electrons. The molecule has 6 heteroatoms. The molecule has 1 aromatic carbocycles. The normalized spacial score (nSPS) is 17.3. The summed E-state index contributed by atoms with van der Waals surface area (Å²) in [5, 5.41) is 14.8. The lowest BCUT2D eigenvalue weighted by Gasteiger charge is -2.26. The van der Waals surface area contributed by atoms with Crippen LogP contribution in [-0.2, 0) is 29.4 Å². The van der Waals surface area contributed by atoms with Gasteiger partial charge in [-0.2, -0.15) is 5.10 Å². The van der Waals surface area contributed by atoms with Crippen molar-refractivity contribution in [2.24, 2.45) is 13.0 Å². The Hall–Kier alpha value is -2.34. The van der Waals surface area contributed by atoms with Gasteiger partial charge in [-0.15, -0.1) is 0 Å². The Morgan fingerprint density at radius 3 is 2.80 bits per heavy atom. The summed E-state index contributed by atoms with van der Waals surface area (Å²) in [5.41, 5.74) is 4.05. The number of carboxylic acids is 1. The molecule has 1 atom stereocenters. The van der Waals surface area contributed by atoms with Crippen LogP contribution < -0.4 is 4.74 Å². The van der Waals surface area contributed by atoms with Gasteiger partial charge in [0.25, 0.3) is 0 Å². The Balaban J connectivity index is 1.81. The molecule has 1 fully saturated rings. The highest BCUT2D eigenvalue weighted by molar-refractivity contribution is 5.80. The highest BCUT2D eigenvalue weighted by Crippen LogP contribution is 2.40. The van der Waals surface area contributed by atoms with Crippen LogP contribution in [0.15, 0.2) is 18.2 Å². The first-order chi connectivity index (χ1) is 14.2. The number of aryl methyl sites for hydroxylation is 3. The average molecular weight is 413 g/mol. The van der Waals surface area contributed by atoms with E-state index in [1.807, 2.05) is 40.0 Å². The molecule has 0 amide bonds. The van der Waals surface area contributed by atoms with Crippen LogP contribution in [0.25, 0.3) is 11.1 Å². The average Bonchev–Trinajstić information content (AvgIpc) is 3.45. The number of ether oxygens (including phenoxy) is 2. The molecular formula is C24H32N2O4. The number of benzene rings is 1. The zero-order valence-electron chi connectivity index (χ0n) is 18.4. The Kier molecular flexibility index (Phi) is 5.62. The number of aliphatic carboxylic acids is 1. The smallest absolute Gasteiger partial charge is 0.339 e. The van der Waals surface area contributed by atoms with Crippen LogP contribution in [0.4, 0.5) is 0 Å². The number of carbonyl (C=O) groups is 1. The molecule has 4 rings (SSSR count). The highest BCUT2D eigenvalue weighted by atomic mass is 16.5. The Bertz CT molecular complexity index is 937. The van der Waals surface area contributed by atoms with Crippen LogP contribution in [-0.4, -0.2) is 33.1 Å². The van der Waals surface area contributed by atoms with Gasteiger partial charge in [0, 0.05) is 12.6 Å². The van der Waals surface area contributed by atoms with Gasteiger partial charge < -0.3 is 14.6 Å². The summed E-state index contributed by atoms with van der Waals surface area (Å²) in [6, 6.07) is 6.18. The molecule has 1 saturated carbocycles. The topological polar surface area (TPSA) is 73.6 Å². The summed E-state index contributed by atoms with van der Waals surface area (Å²) in [7, 11) is 1.82. The van der Waals surface area contributed by atoms with E-state index in [0.29, 0.717) is 5.69 Å². The fourth-order valence-corrected chi connectivity index (χ4v) is 4.22. The number of carboxylic acid groups (broad SMARTS) is 1. The van der Waals surface area contributed by atoms with Crippen LogP contribution in [0.2, 0.25) is 0 Å². The second kappa shape index (κ2) is 8.06. The largest absolute Gasteiger partial charge is 0.493 e. The highest BCUT2D eigenvalue weighted by Gasteiger charge is 2.34. The van der Waals surface area contributed by atoms with Gasteiger partial charge in [0.05, 0.1) is 23.6 Å². The summed E-state index contributed by atoms with van der Waals surface area (Å²) in [4.78, 5) is 12.2. The maximum atomic E-state index is 12.2. The number of aromatic nitrogens is 2. The van der Waals surface area contributed by atoms with E-state index in [0.717, 1.165) is 60.8 Å². The van der Waals surface area contributed by atoms with Gasteiger partial charge in [0.2, 0.25) is 0 Å². The predicted molar refractivity (Wildman–Crippen MR) is 115 cm³/mol. The zero-order valence-corrected chi connectivity index (χ0v) is 18.4. The molecule has 0 bridgehead atoms. The van der Waals surface area contributed by atoms with Crippen LogP contribution in [0.1, 0.15) is 69.5 Å². The number of hydrogen-bond acceptors (Lipinski definition) is 4. The number of fused-ring (bicyclic) bond motifs is 1. The van der Waals surface area contributed by atoms with Gasteiger partial charge in [0.1, 0.15) is 5.75 Å². The van der Waals surface area contributed by atoms with E-state index in [1.54, 1.807) is 4.68 Å². The molecule has 6 nitrogen and oxygen atoms in total. The van der Waals surface area contributed by atoms with Crippen molar-refractivity contribution >= 4 is 5.97 Å². The molecule has 2 heterocycles. The molecule has 1 aliphatic heterocycles. The first kappa shape index (κ1) is 20.9. The Morgan fingerprint density at radius 1 is 1.37 bits per heavy atom. The molecule has 1 aliphatic carbocycles. The van der Waals surface area contributed by atoms with E-state index in [4.69, 9.17) is 14.6 Å². The van der Waals surface area contributed by atoms with Gasteiger partial charge >= 0.3 is 5.97 Å². The van der Waals surface area contributed by atoms with Gasteiger partial charge in [-0.25, -0.2) is 4.79 Å². The van der Waals surface area contributed by atoms with Crippen molar-refractivity contribution in [3.05, 3.63) is 35.2 Å². The molecular weight excluding hydrogens is 380 g/mol. The monoisotopic (exact) mass is 412 g/mol. The SMILES string of the molecule is Cn1nc(CCC2CC2)c(-c2ccc3c(c2)CCCO3)c1C(OC(C)(C)C)C(=O)O. The van der Waals surface area contributed by atoms with Gasteiger partial charge in [-0.05, 0) is 75.6 Å². The fourth-order valence-electron chi connectivity index (χ4n) is 4.22. The summed E-state index contributed by atoms with van der Waals surface area (Å²) in [5.74, 6) is 0.709. The van der Waals surface area contributed by atoms with Crippen molar-refractivity contribution in [3.63, 3.8) is 0 Å². The van der Waals surface area contributed by atoms with Crippen molar-refractivity contribution in [2.75, 3.05) is 6.61 Å². The lowest BCUT2D eigenvalue weighted by atomic mass is 9.94. The fraction of sp³-hybridized carbons (Fsp3) is 0.583. The summed E-state index contributed by atoms with van der Waals surface area (Å²) in [6.45, 7) is 6.38. The third kappa shape index (κ3) is 4.53. The molecule has 162 valence electrons. The molecule has 30 heavy (non-hydrogen) atoms. The predicted octanol–water partition coefficient (Wildman–Crippen LogP) is 4.70. The molecule has 1 N–H and O–H groups in total. The van der Waals surface area contributed by atoms with E-state index < -0.39 is 17.7 Å². The van der Waals surface area contributed by atoms with Gasteiger partial charge in [-0.1, -0.05) is 18.9 Å². The molecule has 0 spiro atoms. The van der Waals surface area contributed by atoms with Gasteiger partial charge in [-0.3, -0.25) is 4.68 Å². The third-order valence-corrected chi connectivity index (χ3v) is 5.79. The van der Waals surface area contributed by atoms with Crippen molar-refractivity contribution in [1.82, 2.24) is 9.78 Å². The van der Waals surface area contributed by atoms with E-state index in [1.165, 1.54) is 18.4 Å². The number of rotatable bonds is 7. The molecule has 2 aliphatic rings. The van der Waals surface area contributed by atoms with Crippen molar-refractivity contribution in [2.45, 2.75) is 71.0 Å². The summed E-state index contributed by atoms with van der Waals surface area (Å²) < 4.78 is 13.5. The van der Waals surface area contributed by atoms with E-state index >= 15 is 0 Å². The quantitative estimate of drug-likeness (QED) is 0.714. The van der Waals surface area contributed by atoms with Gasteiger partial charge in [0.15, 0.2) is 6.10 Å². The minimum Gasteiger partial charge on any atom is -0.493 e. The summed E-state index contributed by atoms with van der Waals surface area (Å²) >= 11 is 0. The zero-order chi connectivity index (χ0) is 21.5. The van der Waals surface area contributed by atoms with Crippen molar-refractivity contribution in [3.8, 4) is 16.9 Å². The molecule has 1 unspecified atom stereocenters. The third-order valence-electron chi connectivity index (χ3n) is 5.79. The maximum absolute atomic E-state index is 12.2. The molecule has 2 aromatic rings. The number of nitrogens with zero attached hydrogens (tertiary/aromatic N) is 2. The Labute approximate surface area is 178 Å². The maximum Gasteiger partial charge on any atom is 0.339 e. The van der Waals surface area contributed by atoms with Crippen molar-refractivity contribution < 1.29 is 19.4 Å². The van der Waals surface area contributed by atoms with Crippen LogP contribution in [0.3, 0.4) is 0 Å². The molecule has 1 aromatic heterocycles. The van der Waals surface area contributed by atoms with E-state index in [9.17, 15) is 9.90 Å². The van der Waals surface area contributed by atoms with E-state index in [2.05, 4.69) is 6.07 Å². The van der Waals surface area contributed by atoms with Crippen LogP contribution >= 0.6 is 0 Å². The summed E-state index contributed by atoms with van der Waals surface area (Å²) in [6.07, 6.45) is 5.40. The minimum atomic E-state index is -1.08. The first-order valence-electron chi connectivity index (χ1n) is 11.0. The van der Waals surface area contributed by atoms with E-state index in [-0.39, 0.29) is 0 Å². The van der Waals surface area contributed by atoms with Crippen LogP contribution in [0, 0.1) is 5.92 Å². The van der Waals surface area contributed by atoms with Crippen LogP contribution in [0.5, 0.6) is 5.75 Å². The lowest BCUT2D eigenvalue weighted by Crippen LogP contribution is -2.29. The lowest BCUT2D eigenvalue weighted by molar-refractivity contribution is -0.161. The van der Waals surface area contributed by atoms with Crippen molar-refractivity contribution in [1.29, 1.82) is 0 Å². The first-order valence-corrected chi connectivity index (χ1v) is 11.0. The second-order valence-corrected chi connectivity index (χ2v) is 9.54. The number of hydrogen-bond donors (Lipinski definition) is 1. The Morgan fingerprint density at radius 2 is 2.13 bits per heavy atom. The second-order valence-electron chi connectivity index (χ2n) is 9.54. The minimum absolute atomic E-state index is 0.595.